The molecule has 2 saturated heterocycles. The lowest BCUT2D eigenvalue weighted by molar-refractivity contribution is 0.00339. The van der Waals surface area contributed by atoms with Crippen LogP contribution in [0.4, 0.5) is 5.69 Å². The molecule has 0 unspecified atom stereocenters. The first kappa shape index (κ1) is 27.2. The van der Waals surface area contributed by atoms with Crippen LogP contribution >= 0.6 is 11.8 Å². The Balaban J connectivity index is 1.27. The van der Waals surface area contributed by atoms with E-state index in [0.29, 0.717) is 30.8 Å². The molecule has 0 spiro atoms. The van der Waals surface area contributed by atoms with E-state index in [1.54, 1.807) is 6.20 Å². The van der Waals surface area contributed by atoms with E-state index in [0.717, 1.165) is 43.3 Å². The van der Waals surface area contributed by atoms with E-state index in [2.05, 4.69) is 45.1 Å². The van der Waals surface area contributed by atoms with E-state index in [1.807, 2.05) is 47.6 Å². The number of nitriles is 1. The fraction of sp³-hybridized carbons (Fsp3) is 0.387. The van der Waals surface area contributed by atoms with Gasteiger partial charge in [0.15, 0.2) is 0 Å². The van der Waals surface area contributed by atoms with Crippen LogP contribution in [0.5, 0.6) is 0 Å². The standard InChI is InChI=1S/C31H35N5O2S/c1-39-30-28(8-5-13-33-30)31(37)36-18-16-34(17-19-36)22-29(38-23-25-11-9-24(21-32)10-12-25)26-6-4-7-27(20-26)35-14-2-3-15-35/h4-13,20,29H,2-3,14-19,22-23H2,1H3/t29-/m0/s1. The highest BCUT2D eigenvalue weighted by Gasteiger charge is 2.26. The van der Waals surface area contributed by atoms with Gasteiger partial charge in [0.2, 0.25) is 0 Å². The number of nitrogens with zero attached hydrogens (tertiary/aromatic N) is 5. The lowest BCUT2D eigenvalue weighted by atomic mass is 10.1. The van der Waals surface area contributed by atoms with E-state index in [4.69, 9.17) is 10.00 Å². The summed E-state index contributed by atoms with van der Waals surface area (Å²) in [4.78, 5) is 24.4. The molecule has 7 nitrogen and oxygen atoms in total. The van der Waals surface area contributed by atoms with Gasteiger partial charge in [0.25, 0.3) is 5.91 Å². The van der Waals surface area contributed by atoms with Gasteiger partial charge < -0.3 is 14.5 Å². The molecule has 0 aliphatic carbocycles. The minimum atomic E-state index is -0.105. The molecule has 2 fully saturated rings. The molecule has 0 N–H and O–H groups in total. The van der Waals surface area contributed by atoms with Gasteiger partial charge >= 0.3 is 0 Å². The second-order valence-corrected chi connectivity index (χ2v) is 10.8. The second-order valence-electron chi connectivity index (χ2n) is 10.1. The van der Waals surface area contributed by atoms with E-state index in [9.17, 15) is 4.79 Å². The van der Waals surface area contributed by atoms with Gasteiger partial charge in [-0.25, -0.2) is 4.98 Å². The van der Waals surface area contributed by atoms with E-state index < -0.39 is 0 Å². The monoisotopic (exact) mass is 541 g/mol. The lowest BCUT2D eigenvalue weighted by Gasteiger charge is -2.36. The highest BCUT2D eigenvalue weighted by Crippen LogP contribution is 2.28. The lowest BCUT2D eigenvalue weighted by Crippen LogP contribution is -2.49. The van der Waals surface area contributed by atoms with Gasteiger partial charge in [-0.2, -0.15) is 5.26 Å². The number of carbonyl (C=O) groups excluding carboxylic acids is 1. The van der Waals surface area contributed by atoms with Gasteiger partial charge in [-0.1, -0.05) is 24.3 Å². The van der Waals surface area contributed by atoms with Crippen molar-refractivity contribution in [2.24, 2.45) is 0 Å². The Morgan fingerprint density at radius 3 is 2.51 bits per heavy atom. The van der Waals surface area contributed by atoms with Crippen molar-refractivity contribution in [3.05, 3.63) is 89.1 Å². The van der Waals surface area contributed by atoms with Crippen molar-refractivity contribution in [2.45, 2.75) is 30.6 Å². The van der Waals surface area contributed by atoms with Crippen LogP contribution < -0.4 is 4.90 Å². The smallest absolute Gasteiger partial charge is 0.256 e. The highest BCUT2D eigenvalue weighted by molar-refractivity contribution is 7.98. The maximum Gasteiger partial charge on any atom is 0.256 e. The zero-order valence-electron chi connectivity index (χ0n) is 22.5. The second kappa shape index (κ2) is 13.1. The zero-order valence-corrected chi connectivity index (χ0v) is 23.3. The van der Waals surface area contributed by atoms with Gasteiger partial charge in [0.1, 0.15) is 5.03 Å². The van der Waals surface area contributed by atoms with Crippen LogP contribution in [0.25, 0.3) is 0 Å². The first-order chi connectivity index (χ1) is 19.1. The average Bonchev–Trinajstić information content (AvgIpc) is 3.55. The molecule has 1 amide bonds. The van der Waals surface area contributed by atoms with Crippen molar-refractivity contribution < 1.29 is 9.53 Å². The Hall–Kier alpha value is -3.38. The molecule has 2 aliphatic heterocycles. The number of carbonyl (C=O) groups is 1. The summed E-state index contributed by atoms with van der Waals surface area (Å²) in [6.45, 7) is 6.38. The zero-order chi connectivity index (χ0) is 27.0. The summed E-state index contributed by atoms with van der Waals surface area (Å²) in [6, 6.07) is 22.2. The summed E-state index contributed by atoms with van der Waals surface area (Å²) >= 11 is 1.51. The third kappa shape index (κ3) is 6.80. The van der Waals surface area contributed by atoms with Gasteiger partial charge in [-0.3, -0.25) is 9.69 Å². The molecule has 1 atom stereocenters. The predicted molar refractivity (Wildman–Crippen MR) is 155 cm³/mol. The molecule has 5 rings (SSSR count). The van der Waals surface area contributed by atoms with E-state index >= 15 is 0 Å². The number of hydrogen-bond donors (Lipinski definition) is 0. The first-order valence-electron chi connectivity index (χ1n) is 13.6. The Morgan fingerprint density at radius 2 is 1.79 bits per heavy atom. The Morgan fingerprint density at radius 1 is 1.03 bits per heavy atom. The first-order valence-corrected chi connectivity index (χ1v) is 14.8. The summed E-state index contributed by atoms with van der Waals surface area (Å²) in [5.74, 6) is 0.0547. The van der Waals surface area contributed by atoms with Gasteiger partial charge in [0, 0.05) is 57.7 Å². The van der Waals surface area contributed by atoms with E-state index in [-0.39, 0.29) is 12.0 Å². The fourth-order valence-corrected chi connectivity index (χ4v) is 5.82. The topological polar surface area (TPSA) is 72.7 Å². The number of pyridine rings is 1. The largest absolute Gasteiger partial charge is 0.372 e. The SMILES string of the molecule is CSc1ncccc1C(=O)N1CCN(C[C@H](OCc2ccc(C#N)cc2)c2cccc(N3CCCC3)c2)CC1. The van der Waals surface area contributed by atoms with Crippen LogP contribution in [0.2, 0.25) is 0 Å². The van der Waals surface area contributed by atoms with Crippen LogP contribution in [0.1, 0.15) is 46.0 Å². The van der Waals surface area contributed by atoms with Crippen molar-refractivity contribution in [3.63, 3.8) is 0 Å². The van der Waals surface area contributed by atoms with Crippen LogP contribution in [0.15, 0.2) is 71.9 Å². The molecule has 0 bridgehead atoms. The summed E-state index contributed by atoms with van der Waals surface area (Å²) in [7, 11) is 0. The minimum Gasteiger partial charge on any atom is -0.372 e. The molecule has 2 aromatic carbocycles. The number of piperazine rings is 1. The van der Waals surface area contributed by atoms with Gasteiger partial charge in [0.05, 0.1) is 29.9 Å². The van der Waals surface area contributed by atoms with Crippen molar-refractivity contribution in [1.82, 2.24) is 14.8 Å². The Labute approximate surface area is 235 Å². The number of hydrogen-bond acceptors (Lipinski definition) is 7. The molecule has 0 saturated carbocycles. The fourth-order valence-electron chi connectivity index (χ4n) is 5.28. The van der Waals surface area contributed by atoms with Crippen molar-refractivity contribution in [1.29, 1.82) is 5.26 Å². The van der Waals surface area contributed by atoms with Crippen molar-refractivity contribution in [3.8, 4) is 6.07 Å². The Bertz CT molecular complexity index is 1290. The van der Waals surface area contributed by atoms with Crippen LogP contribution in [-0.2, 0) is 11.3 Å². The number of ether oxygens (including phenoxy) is 1. The molecule has 2 aliphatic rings. The normalized spacial score (nSPS) is 16.7. The van der Waals surface area contributed by atoms with Crippen molar-refractivity contribution in [2.75, 3.05) is 57.0 Å². The quantitative estimate of drug-likeness (QED) is 0.353. The number of benzene rings is 2. The van der Waals surface area contributed by atoms with Crippen LogP contribution in [0.3, 0.4) is 0 Å². The molecule has 3 aromatic rings. The third-order valence-electron chi connectivity index (χ3n) is 7.53. The Kier molecular flexibility index (Phi) is 9.15. The average molecular weight is 542 g/mol. The molecule has 39 heavy (non-hydrogen) atoms. The molecule has 8 heteroatoms. The maximum atomic E-state index is 13.2. The third-order valence-corrected chi connectivity index (χ3v) is 8.24. The summed E-state index contributed by atoms with van der Waals surface area (Å²) in [5.41, 5.74) is 4.81. The summed E-state index contributed by atoms with van der Waals surface area (Å²) in [6.07, 6.45) is 6.06. The molecule has 3 heterocycles. The minimum absolute atomic E-state index is 0.0547. The number of amides is 1. The molecule has 202 valence electrons. The van der Waals surface area contributed by atoms with Crippen LogP contribution in [0, 0.1) is 11.3 Å². The highest BCUT2D eigenvalue weighted by atomic mass is 32.2. The maximum absolute atomic E-state index is 13.2. The molecule has 0 radical (unpaired) electrons. The van der Waals surface area contributed by atoms with Crippen molar-refractivity contribution >= 4 is 23.4 Å². The molecule has 1 aromatic heterocycles. The summed E-state index contributed by atoms with van der Waals surface area (Å²) < 4.78 is 6.55. The van der Waals surface area contributed by atoms with Gasteiger partial charge in [-0.15, -0.1) is 11.8 Å². The molecular weight excluding hydrogens is 506 g/mol. The number of anilines is 1. The number of rotatable bonds is 9. The van der Waals surface area contributed by atoms with Gasteiger partial charge in [-0.05, 0) is 66.6 Å². The predicted octanol–water partition coefficient (Wildman–Crippen LogP) is 4.99. The van der Waals surface area contributed by atoms with Crippen LogP contribution in [-0.4, -0.2) is 72.8 Å². The molecular formula is C31H35N5O2S. The number of aromatic nitrogens is 1. The van der Waals surface area contributed by atoms with E-state index in [1.165, 1.54) is 35.9 Å². The summed E-state index contributed by atoms with van der Waals surface area (Å²) in [5, 5.41) is 9.89. The number of thioether (sulfide) groups is 1.